The number of amides is 1. The van der Waals surface area contributed by atoms with Gasteiger partial charge in [0.15, 0.2) is 0 Å². The van der Waals surface area contributed by atoms with Gasteiger partial charge in [0.2, 0.25) is 0 Å². The standard InChI is InChI=1S/C26H38N2O5/c1-19(16-20-8-6-5-7-9-20)22-17-23(22)28(25(31)33-26(2,3)4)21-10-12-27(13-11-21)14-15-32-18-24(29)30/h5-9,16,21-23H,10-15,17-18H2,1-4H3,(H,29,30)/b19-16+/t22-,23+/m0/s1. The maximum Gasteiger partial charge on any atom is 0.410 e. The SMILES string of the molecule is C/C(=C\c1ccccc1)[C@@H]1C[C@H]1N(C(=O)OC(C)(C)C)C1CCN(CCOCC(=O)O)CC1. The van der Waals surface area contributed by atoms with E-state index < -0.39 is 11.6 Å². The Morgan fingerprint density at radius 2 is 1.85 bits per heavy atom. The number of nitrogens with zero attached hydrogens (tertiary/aromatic N) is 2. The van der Waals surface area contributed by atoms with Crippen LogP contribution >= 0.6 is 0 Å². The molecule has 0 bridgehead atoms. The molecule has 0 spiro atoms. The molecule has 2 atom stereocenters. The van der Waals surface area contributed by atoms with Gasteiger partial charge in [-0.15, -0.1) is 0 Å². The van der Waals surface area contributed by atoms with Crippen molar-refractivity contribution in [2.45, 2.75) is 64.6 Å². The highest BCUT2D eigenvalue weighted by Gasteiger charge is 2.48. The summed E-state index contributed by atoms with van der Waals surface area (Å²) >= 11 is 0. The summed E-state index contributed by atoms with van der Waals surface area (Å²) in [6.07, 6.45) is 4.73. The minimum absolute atomic E-state index is 0.149. The third kappa shape index (κ3) is 7.86. The zero-order valence-corrected chi connectivity index (χ0v) is 20.3. The zero-order chi connectivity index (χ0) is 24.0. The van der Waals surface area contributed by atoms with Crippen molar-refractivity contribution in [2.75, 3.05) is 32.8 Å². The molecule has 1 aromatic carbocycles. The number of benzene rings is 1. The molecule has 1 aromatic rings. The summed E-state index contributed by atoms with van der Waals surface area (Å²) < 4.78 is 11.0. The number of aliphatic carboxylic acids is 1. The number of hydrogen-bond acceptors (Lipinski definition) is 5. The topological polar surface area (TPSA) is 79.3 Å². The third-order valence-corrected chi connectivity index (χ3v) is 6.23. The van der Waals surface area contributed by atoms with Crippen molar-refractivity contribution in [1.82, 2.24) is 9.80 Å². The largest absolute Gasteiger partial charge is 0.480 e. The Morgan fingerprint density at radius 3 is 2.45 bits per heavy atom. The normalized spacial score (nSPS) is 22.1. The molecular formula is C26H38N2O5. The maximum atomic E-state index is 13.2. The molecule has 0 radical (unpaired) electrons. The first-order chi connectivity index (χ1) is 15.6. The first-order valence-electron chi connectivity index (χ1n) is 11.9. The van der Waals surface area contributed by atoms with Gasteiger partial charge in [-0.2, -0.15) is 0 Å². The van der Waals surface area contributed by atoms with Crippen molar-refractivity contribution < 1.29 is 24.2 Å². The van der Waals surface area contributed by atoms with Gasteiger partial charge in [0.05, 0.1) is 6.61 Å². The van der Waals surface area contributed by atoms with E-state index in [1.54, 1.807) is 0 Å². The van der Waals surface area contributed by atoms with Crippen molar-refractivity contribution in [3.05, 3.63) is 41.5 Å². The fourth-order valence-electron chi connectivity index (χ4n) is 4.54. The van der Waals surface area contributed by atoms with Crippen LogP contribution < -0.4 is 0 Å². The number of carbonyl (C=O) groups is 2. The minimum Gasteiger partial charge on any atom is -0.480 e. The minimum atomic E-state index is -0.947. The lowest BCUT2D eigenvalue weighted by molar-refractivity contribution is -0.142. The van der Waals surface area contributed by atoms with E-state index >= 15 is 0 Å². The lowest BCUT2D eigenvalue weighted by atomic mass is 10.0. The molecule has 2 aliphatic rings. The van der Waals surface area contributed by atoms with Crippen LogP contribution in [0.25, 0.3) is 6.08 Å². The Hall–Kier alpha value is -2.38. The summed E-state index contributed by atoms with van der Waals surface area (Å²) in [6.45, 7) is 10.5. The molecule has 7 nitrogen and oxygen atoms in total. The number of carboxylic acids is 1. The fraction of sp³-hybridized carbons (Fsp3) is 0.615. The lowest BCUT2D eigenvalue weighted by Crippen LogP contribution is -2.50. The summed E-state index contributed by atoms with van der Waals surface area (Å²) in [7, 11) is 0. The number of hydrogen-bond donors (Lipinski definition) is 1. The molecular weight excluding hydrogens is 420 g/mol. The molecule has 1 amide bonds. The van der Waals surface area contributed by atoms with Crippen LogP contribution in [0.4, 0.5) is 4.79 Å². The van der Waals surface area contributed by atoms with Gasteiger partial charge < -0.3 is 24.4 Å². The van der Waals surface area contributed by atoms with Gasteiger partial charge in [0.25, 0.3) is 0 Å². The molecule has 0 aromatic heterocycles. The molecule has 1 saturated heterocycles. The molecule has 1 N–H and O–H groups in total. The van der Waals surface area contributed by atoms with Gasteiger partial charge in [-0.3, -0.25) is 0 Å². The Kier molecular flexibility index (Phi) is 8.54. The number of carboxylic acid groups (broad SMARTS) is 1. The summed E-state index contributed by atoms with van der Waals surface area (Å²) in [5.74, 6) is -0.586. The van der Waals surface area contributed by atoms with Crippen LogP contribution in [0.3, 0.4) is 0 Å². The molecule has 33 heavy (non-hydrogen) atoms. The van der Waals surface area contributed by atoms with E-state index in [9.17, 15) is 9.59 Å². The highest BCUT2D eigenvalue weighted by Crippen LogP contribution is 2.44. The third-order valence-electron chi connectivity index (χ3n) is 6.23. The molecule has 1 saturated carbocycles. The van der Waals surface area contributed by atoms with Gasteiger partial charge >= 0.3 is 12.1 Å². The summed E-state index contributed by atoms with van der Waals surface area (Å²) in [5.41, 5.74) is 1.95. The van der Waals surface area contributed by atoms with E-state index in [-0.39, 0.29) is 24.8 Å². The molecule has 1 aliphatic heterocycles. The van der Waals surface area contributed by atoms with E-state index in [1.807, 2.05) is 43.9 Å². The summed E-state index contributed by atoms with van der Waals surface area (Å²) in [5, 5.41) is 8.69. The predicted octanol–water partition coefficient (Wildman–Crippen LogP) is 4.28. The van der Waals surface area contributed by atoms with Crippen LogP contribution in [0, 0.1) is 5.92 Å². The molecule has 3 rings (SSSR count). The maximum absolute atomic E-state index is 13.2. The molecule has 2 fully saturated rings. The summed E-state index contributed by atoms with van der Waals surface area (Å²) in [6, 6.07) is 10.6. The second-order valence-electron chi connectivity index (χ2n) is 10.1. The van der Waals surface area contributed by atoms with Crippen molar-refractivity contribution in [1.29, 1.82) is 0 Å². The Morgan fingerprint density at radius 1 is 1.18 bits per heavy atom. The lowest BCUT2D eigenvalue weighted by Gasteiger charge is -2.39. The second-order valence-corrected chi connectivity index (χ2v) is 10.1. The number of piperidine rings is 1. The smallest absolute Gasteiger partial charge is 0.410 e. The van der Waals surface area contributed by atoms with Gasteiger partial charge in [0, 0.05) is 37.6 Å². The monoisotopic (exact) mass is 458 g/mol. The van der Waals surface area contributed by atoms with E-state index in [2.05, 4.69) is 30.0 Å². The highest BCUT2D eigenvalue weighted by molar-refractivity contribution is 5.70. The summed E-state index contributed by atoms with van der Waals surface area (Å²) in [4.78, 5) is 28.1. The molecule has 0 unspecified atom stereocenters. The molecule has 1 heterocycles. The van der Waals surface area contributed by atoms with E-state index in [0.29, 0.717) is 19.1 Å². The van der Waals surface area contributed by atoms with Crippen LogP contribution in [0.2, 0.25) is 0 Å². The second kappa shape index (κ2) is 11.2. The first kappa shape index (κ1) is 25.2. The van der Waals surface area contributed by atoms with Crippen molar-refractivity contribution in [3.63, 3.8) is 0 Å². The van der Waals surface area contributed by atoms with Crippen LogP contribution in [0.1, 0.15) is 52.5 Å². The van der Waals surface area contributed by atoms with E-state index in [1.165, 1.54) is 11.1 Å². The van der Waals surface area contributed by atoms with Gasteiger partial charge in [-0.05, 0) is 52.5 Å². The number of rotatable bonds is 9. The van der Waals surface area contributed by atoms with Crippen LogP contribution in [-0.4, -0.2) is 77.5 Å². The zero-order valence-electron chi connectivity index (χ0n) is 20.3. The molecule has 1 aliphatic carbocycles. The Labute approximate surface area is 197 Å². The van der Waals surface area contributed by atoms with Crippen molar-refractivity contribution in [3.8, 4) is 0 Å². The first-order valence-corrected chi connectivity index (χ1v) is 11.9. The average Bonchev–Trinajstić information content (AvgIpc) is 3.52. The van der Waals surface area contributed by atoms with E-state index in [0.717, 1.165) is 32.4 Å². The molecule has 7 heteroatoms. The van der Waals surface area contributed by atoms with Crippen molar-refractivity contribution >= 4 is 18.1 Å². The van der Waals surface area contributed by atoms with Gasteiger partial charge in [-0.1, -0.05) is 42.0 Å². The van der Waals surface area contributed by atoms with E-state index in [4.69, 9.17) is 14.6 Å². The van der Waals surface area contributed by atoms with Gasteiger partial charge in [-0.25, -0.2) is 9.59 Å². The predicted molar refractivity (Wildman–Crippen MR) is 128 cm³/mol. The van der Waals surface area contributed by atoms with Gasteiger partial charge in [0.1, 0.15) is 12.2 Å². The Bertz CT molecular complexity index is 825. The fourth-order valence-corrected chi connectivity index (χ4v) is 4.54. The van der Waals surface area contributed by atoms with Crippen LogP contribution in [0.5, 0.6) is 0 Å². The highest BCUT2D eigenvalue weighted by atomic mass is 16.6. The molecule has 182 valence electrons. The quantitative estimate of drug-likeness (QED) is 0.557. The van der Waals surface area contributed by atoms with Crippen molar-refractivity contribution in [2.24, 2.45) is 5.92 Å². The average molecular weight is 459 g/mol. The van der Waals surface area contributed by atoms with Crippen LogP contribution in [-0.2, 0) is 14.3 Å². The number of carbonyl (C=O) groups excluding carboxylic acids is 1. The number of ether oxygens (including phenoxy) is 2. The number of likely N-dealkylation sites (tertiary alicyclic amines) is 1. The Balaban J connectivity index is 1.61. The van der Waals surface area contributed by atoms with Crippen LogP contribution in [0.15, 0.2) is 35.9 Å².